The van der Waals surface area contributed by atoms with E-state index in [0.29, 0.717) is 30.0 Å². The molecule has 0 saturated heterocycles. The van der Waals surface area contributed by atoms with Crippen LogP contribution in [-0.4, -0.2) is 0 Å². The highest BCUT2D eigenvalue weighted by atomic mass is 19.2. The SMILES string of the molecule is CCCCc1cc2ccc3cc(CCC)c(F)c(F)c3c2c(F)c1F. The van der Waals surface area contributed by atoms with Crippen LogP contribution in [0.1, 0.15) is 44.2 Å². The molecular weight excluding hydrogens is 328 g/mol. The van der Waals surface area contributed by atoms with E-state index in [4.69, 9.17) is 0 Å². The Bertz CT molecular complexity index is 944. The minimum absolute atomic E-state index is 0.185. The number of hydrogen-bond donors (Lipinski definition) is 0. The zero-order valence-corrected chi connectivity index (χ0v) is 14.4. The van der Waals surface area contributed by atoms with Gasteiger partial charge in [-0.15, -0.1) is 0 Å². The first kappa shape index (κ1) is 17.7. The van der Waals surface area contributed by atoms with Gasteiger partial charge in [0, 0.05) is 10.8 Å². The van der Waals surface area contributed by atoms with Crippen LogP contribution in [0.3, 0.4) is 0 Å². The second kappa shape index (κ2) is 7.03. The molecule has 0 radical (unpaired) electrons. The van der Waals surface area contributed by atoms with Crippen LogP contribution in [0.4, 0.5) is 17.6 Å². The van der Waals surface area contributed by atoms with Gasteiger partial charge in [-0.2, -0.15) is 0 Å². The molecule has 0 aliphatic heterocycles. The molecule has 25 heavy (non-hydrogen) atoms. The van der Waals surface area contributed by atoms with Gasteiger partial charge < -0.3 is 0 Å². The Hall–Kier alpha value is -2.10. The highest BCUT2D eigenvalue weighted by Gasteiger charge is 2.20. The van der Waals surface area contributed by atoms with Crippen LogP contribution < -0.4 is 0 Å². The molecule has 0 fully saturated rings. The second-order valence-electron chi connectivity index (χ2n) is 6.44. The summed E-state index contributed by atoms with van der Waals surface area (Å²) in [6.45, 7) is 3.84. The molecule has 0 N–H and O–H groups in total. The lowest BCUT2D eigenvalue weighted by atomic mass is 9.95. The van der Waals surface area contributed by atoms with E-state index in [9.17, 15) is 17.6 Å². The summed E-state index contributed by atoms with van der Waals surface area (Å²) in [5, 5.41) is 0.400. The van der Waals surface area contributed by atoms with Gasteiger partial charge in [0.1, 0.15) is 0 Å². The van der Waals surface area contributed by atoms with E-state index >= 15 is 0 Å². The molecule has 0 saturated carbocycles. The summed E-state index contributed by atoms with van der Waals surface area (Å²) in [7, 11) is 0. The number of hydrogen-bond acceptors (Lipinski definition) is 0. The molecule has 0 unspecified atom stereocenters. The fraction of sp³-hybridized carbons (Fsp3) is 0.333. The van der Waals surface area contributed by atoms with Crippen molar-refractivity contribution in [3.8, 4) is 0 Å². The van der Waals surface area contributed by atoms with E-state index in [1.807, 2.05) is 13.8 Å². The average Bonchev–Trinajstić information content (AvgIpc) is 2.61. The zero-order valence-electron chi connectivity index (χ0n) is 14.4. The Morgan fingerprint density at radius 2 is 1.12 bits per heavy atom. The quantitative estimate of drug-likeness (QED) is 0.349. The van der Waals surface area contributed by atoms with Gasteiger partial charge in [-0.25, -0.2) is 17.6 Å². The molecule has 0 nitrogen and oxygen atoms in total. The van der Waals surface area contributed by atoms with Crippen molar-refractivity contribution in [3.05, 3.63) is 58.7 Å². The van der Waals surface area contributed by atoms with Crippen LogP contribution in [-0.2, 0) is 12.8 Å². The van der Waals surface area contributed by atoms with E-state index in [0.717, 1.165) is 12.8 Å². The van der Waals surface area contributed by atoms with Gasteiger partial charge in [-0.05, 0) is 53.3 Å². The summed E-state index contributed by atoms with van der Waals surface area (Å²) in [6, 6.07) is 6.35. The Morgan fingerprint density at radius 1 is 0.640 bits per heavy atom. The highest BCUT2D eigenvalue weighted by Crippen LogP contribution is 2.35. The lowest BCUT2D eigenvalue weighted by molar-refractivity contribution is 0.500. The number of halogens is 4. The average molecular weight is 348 g/mol. The summed E-state index contributed by atoms with van der Waals surface area (Å²) in [4.78, 5) is 0. The molecule has 4 heteroatoms. The Labute approximate surface area is 144 Å². The molecule has 132 valence electrons. The topological polar surface area (TPSA) is 0 Å². The number of benzene rings is 3. The second-order valence-corrected chi connectivity index (χ2v) is 6.44. The number of rotatable bonds is 5. The van der Waals surface area contributed by atoms with Crippen molar-refractivity contribution in [1.82, 2.24) is 0 Å². The number of fused-ring (bicyclic) bond motifs is 3. The molecule has 3 rings (SSSR count). The van der Waals surface area contributed by atoms with Gasteiger partial charge in [0.05, 0.1) is 0 Å². The van der Waals surface area contributed by atoms with Gasteiger partial charge >= 0.3 is 0 Å². The fourth-order valence-electron chi connectivity index (χ4n) is 3.35. The molecule has 0 bridgehead atoms. The highest BCUT2D eigenvalue weighted by molar-refractivity contribution is 6.08. The van der Waals surface area contributed by atoms with E-state index in [-0.39, 0.29) is 21.9 Å². The van der Waals surface area contributed by atoms with Crippen LogP contribution in [0.25, 0.3) is 21.5 Å². The standard InChI is InChI=1S/C21H20F4/c1-3-5-7-15-11-13-9-8-12-10-14(6-4-2)18(22)20(24)16(12)17(13)21(25)19(15)23/h8-11H,3-7H2,1-2H3. The summed E-state index contributed by atoms with van der Waals surface area (Å²) in [5.74, 6) is -4.15. The van der Waals surface area contributed by atoms with Crippen molar-refractivity contribution < 1.29 is 17.6 Å². The largest absolute Gasteiger partial charge is 0.203 e. The molecule has 0 amide bonds. The zero-order chi connectivity index (χ0) is 18.1. The Kier molecular flexibility index (Phi) is 4.98. The van der Waals surface area contributed by atoms with Crippen LogP contribution in [0.5, 0.6) is 0 Å². The number of unbranched alkanes of at least 4 members (excludes halogenated alkanes) is 1. The third-order valence-electron chi connectivity index (χ3n) is 4.64. The van der Waals surface area contributed by atoms with Gasteiger partial charge in [0.2, 0.25) is 0 Å². The summed E-state index contributed by atoms with van der Waals surface area (Å²) < 4.78 is 58.1. The van der Waals surface area contributed by atoms with Crippen LogP contribution in [0.15, 0.2) is 24.3 Å². The molecule has 0 spiro atoms. The van der Waals surface area contributed by atoms with Crippen molar-refractivity contribution >= 4 is 21.5 Å². The van der Waals surface area contributed by atoms with Crippen molar-refractivity contribution in [2.45, 2.75) is 46.0 Å². The third kappa shape index (κ3) is 2.99. The van der Waals surface area contributed by atoms with E-state index in [1.165, 1.54) is 6.07 Å². The molecule has 0 aliphatic carbocycles. The first-order chi connectivity index (χ1) is 12.0. The van der Waals surface area contributed by atoms with Crippen molar-refractivity contribution in [2.24, 2.45) is 0 Å². The first-order valence-electron chi connectivity index (χ1n) is 8.69. The maximum Gasteiger partial charge on any atom is 0.167 e. The van der Waals surface area contributed by atoms with Crippen molar-refractivity contribution in [3.63, 3.8) is 0 Å². The van der Waals surface area contributed by atoms with Gasteiger partial charge in [-0.1, -0.05) is 38.8 Å². The van der Waals surface area contributed by atoms with Crippen LogP contribution in [0.2, 0.25) is 0 Å². The van der Waals surface area contributed by atoms with Gasteiger partial charge in [0.15, 0.2) is 23.3 Å². The monoisotopic (exact) mass is 348 g/mol. The molecule has 0 atom stereocenters. The molecule has 3 aromatic carbocycles. The van der Waals surface area contributed by atoms with Crippen LogP contribution >= 0.6 is 0 Å². The smallest absolute Gasteiger partial charge is 0.167 e. The molecule has 3 aromatic rings. The Balaban J connectivity index is 2.34. The first-order valence-corrected chi connectivity index (χ1v) is 8.69. The maximum atomic E-state index is 14.7. The van der Waals surface area contributed by atoms with E-state index in [1.54, 1.807) is 18.2 Å². The predicted molar refractivity (Wildman–Crippen MR) is 93.9 cm³/mol. The van der Waals surface area contributed by atoms with Crippen LogP contribution in [0, 0.1) is 23.3 Å². The minimum Gasteiger partial charge on any atom is -0.203 e. The molecular formula is C21H20F4. The summed E-state index contributed by atoms with van der Waals surface area (Å²) in [5.41, 5.74) is 0.530. The fourth-order valence-corrected chi connectivity index (χ4v) is 3.35. The minimum atomic E-state index is -1.11. The normalized spacial score (nSPS) is 11.6. The molecule has 0 heterocycles. The molecule has 0 aromatic heterocycles. The van der Waals surface area contributed by atoms with Gasteiger partial charge in [0.25, 0.3) is 0 Å². The van der Waals surface area contributed by atoms with Gasteiger partial charge in [-0.3, -0.25) is 0 Å². The predicted octanol–water partition coefficient (Wildman–Crippen LogP) is 6.84. The van der Waals surface area contributed by atoms with E-state index < -0.39 is 23.3 Å². The Morgan fingerprint density at radius 3 is 1.56 bits per heavy atom. The third-order valence-corrected chi connectivity index (χ3v) is 4.64. The summed E-state index contributed by atoms with van der Waals surface area (Å²) >= 11 is 0. The lowest BCUT2D eigenvalue weighted by Crippen LogP contribution is -2.00. The lowest BCUT2D eigenvalue weighted by Gasteiger charge is -2.13. The summed E-state index contributed by atoms with van der Waals surface area (Å²) in [6.07, 6.45) is 3.07. The van der Waals surface area contributed by atoms with E-state index in [2.05, 4.69) is 0 Å². The molecule has 0 aliphatic rings. The number of aryl methyl sites for hydroxylation is 2. The van der Waals surface area contributed by atoms with Crippen molar-refractivity contribution in [2.75, 3.05) is 0 Å². The van der Waals surface area contributed by atoms with Crippen molar-refractivity contribution in [1.29, 1.82) is 0 Å². The maximum absolute atomic E-state index is 14.7.